The number of aliphatic hydroxyl groups excluding tert-OH is 1. The normalized spacial score (nSPS) is 14.2. The zero-order chi connectivity index (χ0) is 73.7. The molecule has 6 atom stereocenters. The Hall–Kier alpha value is -1.94. The predicted octanol–water partition coefficient (Wildman–Crippen LogP) is 24.1. The van der Waals surface area contributed by atoms with Crippen molar-refractivity contribution in [3.05, 3.63) is 0 Å². The molecular formula is C81H158O17P2. The van der Waals surface area contributed by atoms with Crippen molar-refractivity contribution in [2.45, 2.75) is 439 Å². The lowest BCUT2D eigenvalue weighted by atomic mass is 9.99. The van der Waals surface area contributed by atoms with Crippen LogP contribution in [0.25, 0.3) is 0 Å². The number of carbonyl (C=O) groups excluding carboxylic acids is 4. The number of phosphoric acid groups is 2. The fourth-order valence-electron chi connectivity index (χ4n) is 12.5. The van der Waals surface area contributed by atoms with E-state index in [0.29, 0.717) is 25.7 Å². The van der Waals surface area contributed by atoms with Crippen LogP contribution in [0.1, 0.15) is 421 Å². The van der Waals surface area contributed by atoms with E-state index in [0.717, 1.165) is 108 Å². The van der Waals surface area contributed by atoms with E-state index >= 15 is 0 Å². The Kier molecular flexibility index (Phi) is 69.9. The maximum absolute atomic E-state index is 13.1. The molecule has 0 aliphatic rings. The summed E-state index contributed by atoms with van der Waals surface area (Å²) in [5.74, 6) is 0.254. The molecule has 19 heteroatoms. The third-order valence-electron chi connectivity index (χ3n) is 19.2. The summed E-state index contributed by atoms with van der Waals surface area (Å²) in [4.78, 5) is 73.1. The molecule has 0 aromatic carbocycles. The van der Waals surface area contributed by atoms with Gasteiger partial charge in [0.25, 0.3) is 0 Å². The van der Waals surface area contributed by atoms with Gasteiger partial charge >= 0.3 is 39.5 Å². The van der Waals surface area contributed by atoms with Crippen LogP contribution in [-0.4, -0.2) is 96.7 Å². The van der Waals surface area contributed by atoms with Gasteiger partial charge in [-0.05, 0) is 43.4 Å². The third-order valence-corrected chi connectivity index (χ3v) is 21.1. The summed E-state index contributed by atoms with van der Waals surface area (Å²) in [6, 6.07) is 0. The smallest absolute Gasteiger partial charge is 0.462 e. The van der Waals surface area contributed by atoms with E-state index in [1.54, 1.807) is 0 Å². The first-order chi connectivity index (χ1) is 48.3. The van der Waals surface area contributed by atoms with Crippen LogP contribution in [0, 0.1) is 17.8 Å². The highest BCUT2D eigenvalue weighted by Crippen LogP contribution is 2.45. The van der Waals surface area contributed by atoms with Crippen molar-refractivity contribution in [3.8, 4) is 0 Å². The number of carbonyl (C=O) groups is 4. The van der Waals surface area contributed by atoms with Crippen molar-refractivity contribution in [2.24, 2.45) is 17.8 Å². The van der Waals surface area contributed by atoms with Crippen molar-refractivity contribution in [3.63, 3.8) is 0 Å². The summed E-state index contributed by atoms with van der Waals surface area (Å²) < 4.78 is 68.7. The van der Waals surface area contributed by atoms with Crippen LogP contribution in [0.15, 0.2) is 0 Å². The Morgan fingerprint density at radius 3 is 0.760 bits per heavy atom. The van der Waals surface area contributed by atoms with Crippen LogP contribution in [0.2, 0.25) is 0 Å². The van der Waals surface area contributed by atoms with Gasteiger partial charge < -0.3 is 33.8 Å². The quantitative estimate of drug-likeness (QED) is 0.0222. The van der Waals surface area contributed by atoms with Gasteiger partial charge in [-0.1, -0.05) is 370 Å². The molecule has 0 heterocycles. The Morgan fingerprint density at radius 1 is 0.290 bits per heavy atom. The van der Waals surface area contributed by atoms with Crippen molar-refractivity contribution in [1.29, 1.82) is 0 Å². The predicted molar refractivity (Wildman–Crippen MR) is 409 cm³/mol. The van der Waals surface area contributed by atoms with E-state index in [4.69, 9.17) is 37.0 Å². The van der Waals surface area contributed by atoms with Crippen LogP contribution in [0.5, 0.6) is 0 Å². The number of hydrogen-bond acceptors (Lipinski definition) is 15. The van der Waals surface area contributed by atoms with Crippen molar-refractivity contribution < 1.29 is 80.2 Å². The van der Waals surface area contributed by atoms with Gasteiger partial charge in [0, 0.05) is 25.7 Å². The highest BCUT2D eigenvalue weighted by molar-refractivity contribution is 7.47. The summed E-state index contributed by atoms with van der Waals surface area (Å²) in [6.45, 7) is 12.0. The first kappa shape index (κ1) is 98.1. The average molecular weight is 1470 g/mol. The van der Waals surface area contributed by atoms with Gasteiger partial charge in [-0.2, -0.15) is 0 Å². The lowest BCUT2D eigenvalue weighted by Gasteiger charge is -2.21. The minimum Gasteiger partial charge on any atom is -0.462 e. The highest BCUT2D eigenvalue weighted by atomic mass is 31.2. The van der Waals surface area contributed by atoms with Crippen molar-refractivity contribution in [1.82, 2.24) is 0 Å². The molecule has 0 fully saturated rings. The fourth-order valence-corrected chi connectivity index (χ4v) is 14.0. The number of rotatable bonds is 79. The number of unbranched alkanes of at least 4 members (excludes halogenated alkanes) is 46. The first-order valence-corrected chi connectivity index (χ1v) is 44.9. The topological polar surface area (TPSA) is 237 Å². The fraction of sp³-hybridized carbons (Fsp3) is 0.951. The van der Waals surface area contributed by atoms with Crippen LogP contribution in [-0.2, 0) is 65.4 Å². The molecule has 0 saturated heterocycles. The summed E-state index contributed by atoms with van der Waals surface area (Å²) >= 11 is 0. The van der Waals surface area contributed by atoms with E-state index in [1.807, 2.05) is 0 Å². The van der Waals surface area contributed by atoms with Crippen LogP contribution in [0.4, 0.5) is 0 Å². The van der Waals surface area contributed by atoms with Crippen molar-refractivity contribution >= 4 is 39.5 Å². The standard InChI is InChI=1S/C81H158O17P2/c1-8-10-11-12-13-14-15-16-17-23-29-34-43-50-57-64-81(86)98-77(69-92-79(84)63-56-49-42-37-36-39-46-53-60-73(5)6)71-96-100(89,90)94-67-75(82)66-93-99(87,88)95-70-76(68-91-78(83)62-55-48-41-33-28-25-20-21-26-31-38-45-52-59-72(3)4)97-80(85)65-58-51-44-35-30-24-19-18-22-27-32-40-47-54-61-74(7)9-2/h72-77,82H,8-71H2,1-7H3,(H,87,88)(H,89,90)/t74?,75-,76-,77-/m1/s1. The summed E-state index contributed by atoms with van der Waals surface area (Å²) in [6.07, 6.45) is 59.5. The summed E-state index contributed by atoms with van der Waals surface area (Å²) in [5.41, 5.74) is 0. The molecule has 0 aliphatic carbocycles. The minimum atomic E-state index is -4.96. The van der Waals surface area contributed by atoms with Crippen LogP contribution in [0.3, 0.4) is 0 Å². The molecule has 0 aromatic heterocycles. The molecule has 17 nitrogen and oxygen atoms in total. The Bertz CT molecular complexity index is 1940. The summed E-state index contributed by atoms with van der Waals surface area (Å²) in [5, 5.41) is 10.6. The minimum absolute atomic E-state index is 0.107. The maximum Gasteiger partial charge on any atom is 0.472 e. The molecule has 0 spiro atoms. The zero-order valence-corrected chi connectivity index (χ0v) is 67.5. The molecular weight excluding hydrogens is 1310 g/mol. The lowest BCUT2D eigenvalue weighted by Crippen LogP contribution is -2.30. The molecule has 0 aromatic rings. The monoisotopic (exact) mass is 1470 g/mol. The van der Waals surface area contributed by atoms with Crippen molar-refractivity contribution in [2.75, 3.05) is 39.6 Å². The van der Waals surface area contributed by atoms with Crippen LogP contribution < -0.4 is 0 Å². The lowest BCUT2D eigenvalue weighted by molar-refractivity contribution is -0.161. The molecule has 0 saturated carbocycles. The number of aliphatic hydroxyl groups is 1. The number of phosphoric ester groups is 2. The van der Waals surface area contributed by atoms with Gasteiger partial charge in [-0.15, -0.1) is 0 Å². The van der Waals surface area contributed by atoms with Gasteiger partial charge in [0.2, 0.25) is 0 Å². The molecule has 0 rings (SSSR count). The number of esters is 4. The van der Waals surface area contributed by atoms with Gasteiger partial charge in [0.15, 0.2) is 12.2 Å². The molecule has 594 valence electrons. The Labute approximate surface area is 613 Å². The highest BCUT2D eigenvalue weighted by Gasteiger charge is 2.30. The second-order valence-corrected chi connectivity index (χ2v) is 33.3. The largest absolute Gasteiger partial charge is 0.472 e. The van der Waals surface area contributed by atoms with E-state index in [1.165, 1.54) is 231 Å². The zero-order valence-electron chi connectivity index (χ0n) is 65.7. The van der Waals surface area contributed by atoms with Gasteiger partial charge in [-0.25, -0.2) is 9.13 Å². The molecule has 100 heavy (non-hydrogen) atoms. The first-order valence-electron chi connectivity index (χ1n) is 41.9. The van der Waals surface area contributed by atoms with E-state index < -0.39 is 97.5 Å². The molecule has 0 aliphatic heterocycles. The number of hydrogen-bond donors (Lipinski definition) is 3. The second kappa shape index (κ2) is 71.3. The molecule has 0 radical (unpaired) electrons. The van der Waals surface area contributed by atoms with Gasteiger partial charge in [-0.3, -0.25) is 37.3 Å². The van der Waals surface area contributed by atoms with E-state index in [-0.39, 0.29) is 25.7 Å². The molecule has 0 amide bonds. The summed E-state index contributed by atoms with van der Waals surface area (Å²) in [7, 11) is -9.92. The van der Waals surface area contributed by atoms with E-state index in [2.05, 4.69) is 48.5 Å². The Balaban J connectivity index is 5.26. The third kappa shape index (κ3) is 73.0. The Morgan fingerprint density at radius 2 is 0.510 bits per heavy atom. The second-order valence-electron chi connectivity index (χ2n) is 30.4. The van der Waals surface area contributed by atoms with Crippen LogP contribution >= 0.6 is 15.6 Å². The van der Waals surface area contributed by atoms with Gasteiger partial charge in [0.1, 0.15) is 19.3 Å². The molecule has 3 N–H and O–H groups in total. The molecule has 0 bridgehead atoms. The van der Waals surface area contributed by atoms with E-state index in [9.17, 15) is 43.2 Å². The average Bonchev–Trinajstić information content (AvgIpc) is 0.938. The SMILES string of the molecule is CCCCCCCCCCCCCCCCCC(=O)O[C@H](COC(=O)CCCCCCCCCCC(C)C)COP(=O)(O)OC[C@H](O)COP(=O)(O)OC[C@@H](COC(=O)CCCCCCCCCCCCCCCC(C)C)OC(=O)CCCCCCCCCCCCCCCCC(C)CC. The number of ether oxygens (including phenoxy) is 4. The van der Waals surface area contributed by atoms with Gasteiger partial charge in [0.05, 0.1) is 26.4 Å². The molecule has 3 unspecified atom stereocenters. The maximum atomic E-state index is 13.1.